The molecule has 2 fully saturated rings. The number of carbonyl (C=O) groups is 2. The molecule has 3 heterocycles. The monoisotopic (exact) mass is 396 g/mol. The first-order valence-corrected chi connectivity index (χ1v) is 10.8. The van der Waals surface area contributed by atoms with Crippen LogP contribution in [0.3, 0.4) is 0 Å². The molecule has 1 aromatic heterocycles. The summed E-state index contributed by atoms with van der Waals surface area (Å²) in [5, 5.41) is 2.91. The summed E-state index contributed by atoms with van der Waals surface area (Å²) >= 11 is 1.66. The molecule has 0 bridgehead atoms. The average molecular weight is 397 g/mol. The number of aromatic nitrogens is 1. The molecule has 0 unspecified atom stereocenters. The van der Waals surface area contributed by atoms with Gasteiger partial charge in [0.05, 0.1) is 17.8 Å². The topological polar surface area (TPSA) is 65.5 Å². The molecule has 1 aromatic carbocycles. The van der Waals surface area contributed by atoms with Crippen LogP contribution in [-0.4, -0.2) is 42.7 Å². The van der Waals surface area contributed by atoms with Crippen LogP contribution in [0.2, 0.25) is 0 Å². The lowest BCUT2D eigenvalue weighted by atomic mass is 10.1. The fourth-order valence-electron chi connectivity index (χ4n) is 3.73. The van der Waals surface area contributed by atoms with Crippen molar-refractivity contribution in [2.45, 2.75) is 24.2 Å². The van der Waals surface area contributed by atoms with Gasteiger partial charge in [0.15, 0.2) is 0 Å². The van der Waals surface area contributed by atoms with Gasteiger partial charge in [0.2, 0.25) is 11.8 Å². The molecule has 2 saturated heterocycles. The van der Waals surface area contributed by atoms with Gasteiger partial charge in [-0.3, -0.25) is 9.59 Å². The quantitative estimate of drug-likeness (QED) is 0.785. The number of rotatable bonds is 5. The first kappa shape index (κ1) is 18.8. The summed E-state index contributed by atoms with van der Waals surface area (Å²) in [5.41, 5.74) is 1.51. The second-order valence-corrected chi connectivity index (χ2v) is 8.07. The van der Waals surface area contributed by atoms with E-state index in [-0.39, 0.29) is 24.2 Å². The van der Waals surface area contributed by atoms with Crippen molar-refractivity contribution in [2.24, 2.45) is 5.92 Å². The summed E-state index contributed by atoms with van der Waals surface area (Å²) in [7, 11) is 0. The number of nitrogens with one attached hydrogen (secondary N) is 1. The van der Waals surface area contributed by atoms with E-state index in [1.807, 2.05) is 42.7 Å². The normalized spacial score (nSPS) is 19.3. The average Bonchev–Trinajstić information content (AvgIpc) is 3.39. The molecular formula is C21H24N4O2S. The van der Waals surface area contributed by atoms with E-state index in [1.165, 1.54) is 12.8 Å². The molecule has 6 nitrogen and oxygen atoms in total. The third-order valence-electron chi connectivity index (χ3n) is 5.33. The molecule has 4 rings (SSSR count). The van der Waals surface area contributed by atoms with E-state index in [0.29, 0.717) is 12.2 Å². The van der Waals surface area contributed by atoms with Gasteiger partial charge < -0.3 is 15.1 Å². The molecule has 0 radical (unpaired) electrons. The standard InChI is InChI=1S/C21H24N4O2S/c1-28-18-7-5-17(6-8-18)25-14-15(12-20(25)26)21(27)23-16-4-9-19(22-13-16)24-10-2-3-11-24/h4-9,13,15H,2-3,10-12,14H2,1H3,(H,23,27)/t15-/m1/s1. The maximum absolute atomic E-state index is 12.6. The van der Waals surface area contributed by atoms with E-state index in [9.17, 15) is 9.59 Å². The molecule has 28 heavy (non-hydrogen) atoms. The Kier molecular flexibility index (Phi) is 5.52. The molecule has 0 spiro atoms. The lowest BCUT2D eigenvalue weighted by molar-refractivity contribution is -0.122. The number of pyridine rings is 1. The van der Waals surface area contributed by atoms with Gasteiger partial charge in [0, 0.05) is 36.6 Å². The van der Waals surface area contributed by atoms with Gasteiger partial charge in [0.1, 0.15) is 5.82 Å². The minimum atomic E-state index is -0.356. The highest BCUT2D eigenvalue weighted by Crippen LogP contribution is 2.28. The number of anilines is 3. The Labute approximate surface area is 169 Å². The largest absolute Gasteiger partial charge is 0.357 e. The van der Waals surface area contributed by atoms with Crippen molar-refractivity contribution in [3.8, 4) is 0 Å². The summed E-state index contributed by atoms with van der Waals surface area (Å²) in [6.45, 7) is 2.48. The van der Waals surface area contributed by atoms with E-state index in [2.05, 4.69) is 15.2 Å². The Morgan fingerprint density at radius 3 is 2.54 bits per heavy atom. The van der Waals surface area contributed by atoms with Crippen molar-refractivity contribution in [3.63, 3.8) is 0 Å². The molecule has 1 atom stereocenters. The summed E-state index contributed by atoms with van der Waals surface area (Å²) in [6.07, 6.45) is 6.35. The Hall–Kier alpha value is -2.54. The van der Waals surface area contributed by atoms with Crippen molar-refractivity contribution >= 4 is 40.8 Å². The van der Waals surface area contributed by atoms with Crippen LogP contribution < -0.4 is 15.1 Å². The maximum Gasteiger partial charge on any atom is 0.229 e. The van der Waals surface area contributed by atoms with Gasteiger partial charge in [-0.1, -0.05) is 0 Å². The predicted octanol–water partition coefficient (Wildman–Crippen LogP) is 3.40. The summed E-state index contributed by atoms with van der Waals surface area (Å²) < 4.78 is 0. The van der Waals surface area contributed by atoms with Crippen molar-refractivity contribution in [2.75, 3.05) is 41.0 Å². The number of nitrogens with zero attached hydrogens (tertiary/aromatic N) is 3. The number of benzene rings is 1. The lowest BCUT2D eigenvalue weighted by Crippen LogP contribution is -2.28. The SMILES string of the molecule is CSc1ccc(N2C[C@H](C(=O)Nc3ccc(N4CCCC4)nc3)CC2=O)cc1. The Morgan fingerprint density at radius 1 is 1.14 bits per heavy atom. The van der Waals surface area contributed by atoms with Crippen LogP contribution in [0.5, 0.6) is 0 Å². The second-order valence-electron chi connectivity index (χ2n) is 7.19. The molecule has 2 aliphatic heterocycles. The Balaban J connectivity index is 1.37. The smallest absolute Gasteiger partial charge is 0.229 e. The molecule has 146 valence electrons. The van der Waals surface area contributed by atoms with E-state index in [1.54, 1.807) is 22.9 Å². The van der Waals surface area contributed by atoms with Crippen LogP contribution in [0.25, 0.3) is 0 Å². The summed E-state index contributed by atoms with van der Waals surface area (Å²) in [5.74, 6) is 0.448. The van der Waals surface area contributed by atoms with Crippen molar-refractivity contribution in [1.82, 2.24) is 4.98 Å². The maximum atomic E-state index is 12.6. The van der Waals surface area contributed by atoms with E-state index in [4.69, 9.17) is 0 Å². The molecule has 0 aliphatic carbocycles. The molecule has 2 aromatic rings. The minimum absolute atomic E-state index is 0.0143. The minimum Gasteiger partial charge on any atom is -0.357 e. The highest BCUT2D eigenvalue weighted by molar-refractivity contribution is 7.98. The van der Waals surface area contributed by atoms with E-state index < -0.39 is 0 Å². The third kappa shape index (κ3) is 3.99. The molecule has 2 aliphatic rings. The van der Waals surface area contributed by atoms with Crippen molar-refractivity contribution in [1.29, 1.82) is 0 Å². The zero-order valence-electron chi connectivity index (χ0n) is 15.9. The highest BCUT2D eigenvalue weighted by Gasteiger charge is 2.35. The summed E-state index contributed by atoms with van der Waals surface area (Å²) in [6, 6.07) is 11.7. The van der Waals surface area contributed by atoms with Crippen molar-refractivity contribution in [3.05, 3.63) is 42.6 Å². The summed E-state index contributed by atoms with van der Waals surface area (Å²) in [4.78, 5) is 34.6. The van der Waals surface area contributed by atoms with Crippen LogP contribution in [0.15, 0.2) is 47.5 Å². The van der Waals surface area contributed by atoms with E-state index >= 15 is 0 Å². The zero-order valence-corrected chi connectivity index (χ0v) is 16.7. The van der Waals surface area contributed by atoms with Gasteiger partial charge in [-0.05, 0) is 55.5 Å². The fourth-order valence-corrected chi connectivity index (χ4v) is 4.14. The molecule has 7 heteroatoms. The molecule has 1 N–H and O–H groups in total. The number of carbonyl (C=O) groups excluding carboxylic acids is 2. The van der Waals surface area contributed by atoms with Crippen LogP contribution in [0.1, 0.15) is 19.3 Å². The first-order valence-electron chi connectivity index (χ1n) is 9.60. The lowest BCUT2D eigenvalue weighted by Gasteiger charge is -2.18. The number of amides is 2. The number of thioether (sulfide) groups is 1. The number of hydrogen-bond donors (Lipinski definition) is 1. The van der Waals surface area contributed by atoms with Gasteiger partial charge in [-0.2, -0.15) is 0 Å². The first-order chi connectivity index (χ1) is 13.6. The van der Waals surface area contributed by atoms with Crippen molar-refractivity contribution < 1.29 is 9.59 Å². The molecule has 2 amide bonds. The van der Waals surface area contributed by atoms with Crippen LogP contribution in [-0.2, 0) is 9.59 Å². The molecular weight excluding hydrogens is 372 g/mol. The Bertz CT molecular complexity index is 848. The van der Waals surface area contributed by atoms with Gasteiger partial charge >= 0.3 is 0 Å². The fraction of sp³-hybridized carbons (Fsp3) is 0.381. The second kappa shape index (κ2) is 8.22. The molecule has 0 saturated carbocycles. The van der Waals surface area contributed by atoms with Gasteiger partial charge in [-0.25, -0.2) is 4.98 Å². The number of hydrogen-bond acceptors (Lipinski definition) is 5. The van der Waals surface area contributed by atoms with Gasteiger partial charge in [-0.15, -0.1) is 11.8 Å². The van der Waals surface area contributed by atoms with Crippen LogP contribution in [0, 0.1) is 5.92 Å². The van der Waals surface area contributed by atoms with E-state index in [0.717, 1.165) is 29.5 Å². The van der Waals surface area contributed by atoms with Crippen LogP contribution in [0.4, 0.5) is 17.2 Å². The zero-order chi connectivity index (χ0) is 19.5. The third-order valence-corrected chi connectivity index (χ3v) is 6.07. The highest BCUT2D eigenvalue weighted by atomic mass is 32.2. The Morgan fingerprint density at radius 2 is 1.89 bits per heavy atom. The van der Waals surface area contributed by atoms with Gasteiger partial charge in [0.25, 0.3) is 0 Å². The van der Waals surface area contributed by atoms with Crippen LogP contribution >= 0.6 is 11.8 Å². The predicted molar refractivity (Wildman–Crippen MR) is 113 cm³/mol.